The standard InChI is InChI=1S/C22H21NO3/c1-23(15-16-7-3-2-4-8-16)21(19-9-5-6-10-20(19)24)17-11-13-18(14-12-17)22(25)26/h2-14,21,24H,15H2,1H3,(H,25,26). The molecule has 0 amide bonds. The number of carboxylic acid groups (broad SMARTS) is 1. The van der Waals surface area contributed by atoms with Crippen molar-refractivity contribution in [3.63, 3.8) is 0 Å². The van der Waals surface area contributed by atoms with Gasteiger partial charge in [0.2, 0.25) is 0 Å². The number of phenolic OH excluding ortho intramolecular Hbond substituents is 1. The van der Waals surface area contributed by atoms with Crippen molar-refractivity contribution < 1.29 is 15.0 Å². The Morgan fingerprint density at radius 1 is 0.923 bits per heavy atom. The molecule has 132 valence electrons. The van der Waals surface area contributed by atoms with E-state index in [2.05, 4.69) is 17.0 Å². The van der Waals surface area contributed by atoms with Gasteiger partial charge in [0.1, 0.15) is 5.75 Å². The second-order valence-electron chi connectivity index (χ2n) is 6.29. The van der Waals surface area contributed by atoms with Gasteiger partial charge in [-0.1, -0.05) is 60.7 Å². The van der Waals surface area contributed by atoms with Gasteiger partial charge in [0.15, 0.2) is 0 Å². The summed E-state index contributed by atoms with van der Waals surface area (Å²) in [4.78, 5) is 13.3. The van der Waals surface area contributed by atoms with Crippen molar-refractivity contribution in [3.8, 4) is 5.75 Å². The number of hydrogen-bond donors (Lipinski definition) is 2. The fraction of sp³-hybridized carbons (Fsp3) is 0.136. The Hall–Kier alpha value is -3.11. The van der Waals surface area contributed by atoms with E-state index in [-0.39, 0.29) is 17.4 Å². The van der Waals surface area contributed by atoms with Crippen LogP contribution in [0.4, 0.5) is 0 Å². The average Bonchev–Trinajstić information content (AvgIpc) is 2.65. The van der Waals surface area contributed by atoms with Crippen LogP contribution >= 0.6 is 0 Å². The number of nitrogens with zero attached hydrogens (tertiary/aromatic N) is 1. The van der Waals surface area contributed by atoms with Crippen LogP contribution in [0.2, 0.25) is 0 Å². The van der Waals surface area contributed by atoms with Crippen LogP contribution in [-0.4, -0.2) is 28.1 Å². The molecule has 2 N–H and O–H groups in total. The summed E-state index contributed by atoms with van der Waals surface area (Å²) in [5.74, 6) is -0.729. The van der Waals surface area contributed by atoms with Gasteiger partial charge in [-0.2, -0.15) is 0 Å². The molecule has 0 spiro atoms. The van der Waals surface area contributed by atoms with Crippen molar-refractivity contribution in [2.75, 3.05) is 7.05 Å². The Kier molecular flexibility index (Phi) is 5.34. The maximum atomic E-state index is 11.1. The van der Waals surface area contributed by atoms with Crippen molar-refractivity contribution in [2.24, 2.45) is 0 Å². The minimum atomic E-state index is -0.951. The van der Waals surface area contributed by atoms with Crippen LogP contribution in [0.5, 0.6) is 5.75 Å². The van der Waals surface area contributed by atoms with Crippen molar-refractivity contribution in [3.05, 3.63) is 101 Å². The zero-order chi connectivity index (χ0) is 18.5. The predicted octanol–water partition coefficient (Wildman–Crippen LogP) is 4.31. The van der Waals surface area contributed by atoms with Gasteiger partial charge in [0, 0.05) is 12.1 Å². The normalized spacial score (nSPS) is 12.1. The summed E-state index contributed by atoms with van der Waals surface area (Å²) in [6.45, 7) is 0.695. The SMILES string of the molecule is CN(Cc1ccccc1)C(c1ccc(C(=O)O)cc1)c1ccccc1O. The zero-order valence-electron chi connectivity index (χ0n) is 14.5. The first-order chi connectivity index (χ1) is 12.6. The summed E-state index contributed by atoms with van der Waals surface area (Å²) in [6, 6.07) is 24.0. The summed E-state index contributed by atoms with van der Waals surface area (Å²) in [7, 11) is 2.00. The van der Waals surface area contributed by atoms with Gasteiger partial charge in [0.05, 0.1) is 11.6 Å². The van der Waals surface area contributed by atoms with Gasteiger partial charge >= 0.3 is 5.97 Å². The Morgan fingerprint density at radius 3 is 2.15 bits per heavy atom. The number of phenols is 1. The average molecular weight is 347 g/mol. The third kappa shape index (κ3) is 3.92. The minimum absolute atomic E-state index is 0.195. The molecular weight excluding hydrogens is 326 g/mol. The van der Waals surface area contributed by atoms with Gasteiger partial charge in [-0.15, -0.1) is 0 Å². The van der Waals surface area contributed by atoms with E-state index in [9.17, 15) is 9.90 Å². The summed E-state index contributed by atoms with van der Waals surface area (Å²) in [6.07, 6.45) is 0. The molecule has 0 heterocycles. The molecule has 0 saturated carbocycles. The first-order valence-corrected chi connectivity index (χ1v) is 8.41. The molecule has 3 aromatic rings. The highest BCUT2D eigenvalue weighted by atomic mass is 16.4. The Balaban J connectivity index is 1.99. The second-order valence-corrected chi connectivity index (χ2v) is 6.29. The maximum Gasteiger partial charge on any atom is 0.335 e. The number of aromatic carboxylic acids is 1. The molecule has 0 radical (unpaired) electrons. The number of aromatic hydroxyl groups is 1. The van der Waals surface area contributed by atoms with E-state index < -0.39 is 5.97 Å². The zero-order valence-corrected chi connectivity index (χ0v) is 14.5. The highest BCUT2D eigenvalue weighted by Gasteiger charge is 2.22. The molecule has 1 atom stereocenters. The van der Waals surface area contributed by atoms with Crippen LogP contribution in [0.25, 0.3) is 0 Å². The number of para-hydroxylation sites is 1. The van der Waals surface area contributed by atoms with Crippen LogP contribution in [-0.2, 0) is 6.54 Å². The lowest BCUT2D eigenvalue weighted by Gasteiger charge is -2.29. The molecule has 3 rings (SSSR count). The van der Waals surface area contributed by atoms with Gasteiger partial charge in [0.25, 0.3) is 0 Å². The van der Waals surface area contributed by atoms with Crippen LogP contribution < -0.4 is 0 Å². The quantitative estimate of drug-likeness (QED) is 0.697. The molecule has 0 aliphatic carbocycles. The maximum absolute atomic E-state index is 11.1. The van der Waals surface area contributed by atoms with Gasteiger partial charge < -0.3 is 10.2 Å². The Morgan fingerprint density at radius 2 is 1.54 bits per heavy atom. The van der Waals surface area contributed by atoms with Gasteiger partial charge in [-0.25, -0.2) is 4.79 Å². The molecule has 0 fully saturated rings. The van der Waals surface area contributed by atoms with Crippen molar-refractivity contribution in [1.82, 2.24) is 4.90 Å². The van der Waals surface area contributed by atoms with E-state index in [1.165, 1.54) is 0 Å². The van der Waals surface area contributed by atoms with Crippen molar-refractivity contribution >= 4 is 5.97 Å². The summed E-state index contributed by atoms with van der Waals surface area (Å²) >= 11 is 0. The molecular formula is C22H21NO3. The van der Waals surface area contributed by atoms with Crippen molar-refractivity contribution in [2.45, 2.75) is 12.6 Å². The van der Waals surface area contributed by atoms with E-state index >= 15 is 0 Å². The number of benzene rings is 3. The molecule has 0 aliphatic heterocycles. The molecule has 26 heavy (non-hydrogen) atoms. The summed E-state index contributed by atoms with van der Waals surface area (Å²) < 4.78 is 0. The number of rotatable bonds is 6. The molecule has 4 heteroatoms. The number of hydrogen-bond acceptors (Lipinski definition) is 3. The molecule has 0 aliphatic rings. The third-order valence-corrected chi connectivity index (χ3v) is 4.42. The lowest BCUT2D eigenvalue weighted by molar-refractivity contribution is 0.0697. The first kappa shape index (κ1) is 17.7. The van der Waals surface area contributed by atoms with E-state index in [0.29, 0.717) is 6.54 Å². The lowest BCUT2D eigenvalue weighted by Crippen LogP contribution is -2.25. The molecule has 4 nitrogen and oxygen atoms in total. The van der Waals surface area contributed by atoms with E-state index in [1.807, 2.05) is 49.5 Å². The largest absolute Gasteiger partial charge is 0.508 e. The number of carbonyl (C=O) groups is 1. The highest BCUT2D eigenvalue weighted by Crippen LogP contribution is 2.34. The van der Waals surface area contributed by atoms with Crippen LogP contribution in [0, 0.1) is 0 Å². The molecule has 0 saturated heterocycles. The van der Waals surface area contributed by atoms with Crippen LogP contribution in [0.3, 0.4) is 0 Å². The van der Waals surface area contributed by atoms with Crippen molar-refractivity contribution in [1.29, 1.82) is 0 Å². The van der Waals surface area contributed by atoms with Gasteiger partial charge in [-0.3, -0.25) is 4.90 Å². The van der Waals surface area contributed by atoms with Gasteiger partial charge in [-0.05, 0) is 36.4 Å². The molecule has 1 unspecified atom stereocenters. The fourth-order valence-corrected chi connectivity index (χ4v) is 3.16. The monoisotopic (exact) mass is 347 g/mol. The topological polar surface area (TPSA) is 60.8 Å². The van der Waals surface area contributed by atoms with Crippen LogP contribution in [0.15, 0.2) is 78.9 Å². The molecule has 0 aromatic heterocycles. The molecule has 0 bridgehead atoms. The summed E-state index contributed by atoms with van der Waals surface area (Å²) in [5.41, 5.74) is 3.12. The van der Waals surface area contributed by atoms with E-state index in [0.717, 1.165) is 16.7 Å². The third-order valence-electron chi connectivity index (χ3n) is 4.42. The minimum Gasteiger partial charge on any atom is -0.508 e. The van der Waals surface area contributed by atoms with Crippen LogP contribution in [0.1, 0.15) is 33.1 Å². The molecule has 3 aromatic carbocycles. The fourth-order valence-electron chi connectivity index (χ4n) is 3.16. The first-order valence-electron chi connectivity index (χ1n) is 8.41. The Labute approximate surface area is 153 Å². The predicted molar refractivity (Wildman–Crippen MR) is 101 cm³/mol. The second kappa shape index (κ2) is 7.85. The van der Waals surface area contributed by atoms with E-state index in [4.69, 9.17) is 5.11 Å². The highest BCUT2D eigenvalue weighted by molar-refractivity contribution is 5.87. The Bertz CT molecular complexity index is 875. The smallest absolute Gasteiger partial charge is 0.335 e. The lowest BCUT2D eigenvalue weighted by atomic mass is 9.95. The number of carboxylic acids is 1. The summed E-state index contributed by atoms with van der Waals surface area (Å²) in [5, 5.41) is 19.5. The van der Waals surface area contributed by atoms with E-state index in [1.54, 1.807) is 24.3 Å².